The van der Waals surface area contributed by atoms with Gasteiger partial charge >= 0.3 is 0 Å². The van der Waals surface area contributed by atoms with Crippen LogP contribution in [0.5, 0.6) is 0 Å². The molecule has 1 saturated carbocycles. The lowest BCUT2D eigenvalue weighted by Gasteiger charge is -2.36. The summed E-state index contributed by atoms with van der Waals surface area (Å²) in [5.74, 6) is 1.72. The van der Waals surface area contributed by atoms with Crippen molar-refractivity contribution >= 4 is 11.5 Å². The average molecular weight is 418 g/mol. The fourth-order valence-corrected chi connectivity index (χ4v) is 6.76. The average Bonchev–Trinajstić information content (AvgIpc) is 3.53. The highest BCUT2D eigenvalue weighted by molar-refractivity contribution is 5.75. The molecule has 0 amide bonds. The highest BCUT2D eigenvalue weighted by Crippen LogP contribution is 2.52. The number of nitrogens with one attached hydrogen (secondary N) is 2. The predicted molar refractivity (Wildman–Crippen MR) is 125 cm³/mol. The lowest BCUT2D eigenvalue weighted by molar-refractivity contribution is 0.326. The molecule has 1 aromatic carbocycles. The second kappa shape index (κ2) is 7.86. The smallest absolute Gasteiger partial charge is 0.140 e. The molecular weight excluding hydrogens is 382 g/mol. The van der Waals surface area contributed by atoms with Gasteiger partial charge in [-0.15, -0.1) is 0 Å². The Bertz CT molecular complexity index is 958. The molecule has 1 spiro atoms. The van der Waals surface area contributed by atoms with Gasteiger partial charge in [0.1, 0.15) is 12.1 Å². The van der Waals surface area contributed by atoms with E-state index in [0.29, 0.717) is 12.0 Å². The molecule has 1 unspecified atom stereocenters. The maximum atomic E-state index is 4.88. The van der Waals surface area contributed by atoms with Crippen molar-refractivity contribution in [1.82, 2.24) is 20.6 Å². The van der Waals surface area contributed by atoms with Crippen LogP contribution in [0, 0.1) is 0 Å². The van der Waals surface area contributed by atoms with E-state index in [1.54, 1.807) is 11.9 Å². The number of nitrogens with zero attached hydrogens (tertiary/aromatic N) is 3. The van der Waals surface area contributed by atoms with Gasteiger partial charge in [0.2, 0.25) is 0 Å². The fourth-order valence-electron chi connectivity index (χ4n) is 6.76. The van der Waals surface area contributed by atoms with E-state index in [0.717, 1.165) is 32.6 Å². The van der Waals surface area contributed by atoms with Crippen LogP contribution in [0.25, 0.3) is 0 Å². The van der Waals surface area contributed by atoms with Gasteiger partial charge in [0.05, 0.1) is 0 Å². The molecule has 4 aliphatic rings. The van der Waals surface area contributed by atoms with Crippen LogP contribution in [0.4, 0.5) is 11.5 Å². The van der Waals surface area contributed by atoms with E-state index in [4.69, 9.17) is 4.98 Å². The Balaban J connectivity index is 1.42. The van der Waals surface area contributed by atoms with Gasteiger partial charge in [-0.1, -0.05) is 31.9 Å². The molecular formula is C26H35N5. The van der Waals surface area contributed by atoms with E-state index < -0.39 is 0 Å². The van der Waals surface area contributed by atoms with E-state index in [9.17, 15) is 0 Å². The van der Waals surface area contributed by atoms with Gasteiger partial charge in [0.15, 0.2) is 0 Å². The Kier molecular flexibility index (Phi) is 4.99. The van der Waals surface area contributed by atoms with Gasteiger partial charge in [-0.3, -0.25) is 0 Å². The van der Waals surface area contributed by atoms with Crippen LogP contribution in [0.15, 0.2) is 24.5 Å². The van der Waals surface area contributed by atoms with E-state index in [1.165, 1.54) is 73.3 Å². The third kappa shape index (κ3) is 3.28. The summed E-state index contributed by atoms with van der Waals surface area (Å²) in [4.78, 5) is 12.1. The predicted octanol–water partition coefficient (Wildman–Crippen LogP) is 4.33. The van der Waals surface area contributed by atoms with E-state index in [-0.39, 0.29) is 5.41 Å². The number of aryl methyl sites for hydroxylation is 1. The number of rotatable bonds is 4. The number of hydrogen-bond donors (Lipinski definition) is 2. The summed E-state index contributed by atoms with van der Waals surface area (Å²) in [6.45, 7) is 6.61. The highest BCUT2D eigenvalue weighted by Gasteiger charge is 2.46. The number of anilines is 2. The molecule has 0 radical (unpaired) electrons. The minimum Gasteiger partial charge on any atom is -0.325 e. The SMILES string of the molecule is CC1CCc2ncnc(N3CC4(CCNCC4)c4c(CNC5CCCC5)cccc43)c21. The quantitative estimate of drug-likeness (QED) is 0.775. The Morgan fingerprint density at radius 3 is 2.81 bits per heavy atom. The van der Waals surface area contributed by atoms with Crippen LogP contribution >= 0.6 is 0 Å². The first-order chi connectivity index (χ1) is 15.3. The molecule has 1 atom stereocenters. The molecule has 2 aliphatic heterocycles. The Labute approximate surface area is 186 Å². The Morgan fingerprint density at radius 1 is 1.13 bits per heavy atom. The molecule has 6 rings (SSSR count). The third-order valence-corrected chi connectivity index (χ3v) is 8.42. The zero-order valence-corrected chi connectivity index (χ0v) is 18.8. The number of piperidine rings is 1. The molecule has 0 bridgehead atoms. The van der Waals surface area contributed by atoms with Gasteiger partial charge in [-0.2, -0.15) is 0 Å². The normalized spacial score (nSPS) is 24.7. The number of fused-ring (bicyclic) bond motifs is 3. The van der Waals surface area contributed by atoms with E-state index in [1.807, 2.05) is 0 Å². The largest absolute Gasteiger partial charge is 0.325 e. The zero-order valence-electron chi connectivity index (χ0n) is 18.8. The number of aromatic nitrogens is 2. The molecule has 2 aliphatic carbocycles. The highest BCUT2D eigenvalue weighted by atomic mass is 15.2. The summed E-state index contributed by atoms with van der Waals surface area (Å²) in [5, 5.41) is 7.50. The van der Waals surface area contributed by atoms with Crippen LogP contribution in [-0.4, -0.2) is 35.6 Å². The molecule has 3 heterocycles. The maximum absolute atomic E-state index is 4.88. The van der Waals surface area contributed by atoms with Crippen LogP contribution in [0.2, 0.25) is 0 Å². The molecule has 5 heteroatoms. The van der Waals surface area contributed by atoms with Gasteiger partial charge < -0.3 is 15.5 Å². The van der Waals surface area contributed by atoms with Gasteiger partial charge in [-0.05, 0) is 74.7 Å². The van der Waals surface area contributed by atoms with Gasteiger partial charge in [0.25, 0.3) is 0 Å². The summed E-state index contributed by atoms with van der Waals surface area (Å²) in [6.07, 6.45) is 11.9. The minimum absolute atomic E-state index is 0.230. The molecule has 5 nitrogen and oxygen atoms in total. The first-order valence-corrected chi connectivity index (χ1v) is 12.4. The zero-order chi connectivity index (χ0) is 20.8. The first kappa shape index (κ1) is 19.7. The third-order valence-electron chi connectivity index (χ3n) is 8.42. The molecule has 2 aromatic rings. The Morgan fingerprint density at radius 2 is 1.97 bits per heavy atom. The standard InChI is InChI=1S/C26H35N5/c1-18-9-10-21-23(18)25(30-17-29-21)31-16-26(11-13-27-14-12-26)24-19(5-4-8-22(24)31)15-28-20-6-2-3-7-20/h4-5,8,17-18,20,27-28H,2-3,6-7,9-16H2,1H3. The van der Waals surface area contributed by atoms with Crippen molar-refractivity contribution in [3.63, 3.8) is 0 Å². The van der Waals surface area contributed by atoms with Crippen LogP contribution < -0.4 is 15.5 Å². The topological polar surface area (TPSA) is 53.1 Å². The van der Waals surface area contributed by atoms with Crippen molar-refractivity contribution in [3.8, 4) is 0 Å². The van der Waals surface area contributed by atoms with Gasteiger partial charge in [0, 0.05) is 41.5 Å². The second-order valence-corrected chi connectivity index (χ2v) is 10.3. The van der Waals surface area contributed by atoms with Crippen molar-refractivity contribution in [1.29, 1.82) is 0 Å². The van der Waals surface area contributed by atoms with Crippen molar-refractivity contribution in [2.75, 3.05) is 24.5 Å². The monoisotopic (exact) mass is 417 g/mol. The Hall–Kier alpha value is -1.98. The molecule has 1 saturated heterocycles. The molecule has 2 N–H and O–H groups in total. The minimum atomic E-state index is 0.230. The lowest BCUT2D eigenvalue weighted by Crippen LogP contribution is -2.43. The summed E-state index contributed by atoms with van der Waals surface area (Å²) in [5.41, 5.74) is 7.40. The van der Waals surface area contributed by atoms with Crippen molar-refractivity contribution < 1.29 is 0 Å². The first-order valence-electron chi connectivity index (χ1n) is 12.4. The number of hydrogen-bond acceptors (Lipinski definition) is 5. The van der Waals surface area contributed by atoms with Crippen molar-refractivity contribution in [2.24, 2.45) is 0 Å². The van der Waals surface area contributed by atoms with E-state index in [2.05, 4.69) is 45.6 Å². The summed E-state index contributed by atoms with van der Waals surface area (Å²) in [7, 11) is 0. The second-order valence-electron chi connectivity index (χ2n) is 10.3. The fraction of sp³-hybridized carbons (Fsp3) is 0.615. The van der Waals surface area contributed by atoms with Crippen LogP contribution in [0.3, 0.4) is 0 Å². The molecule has 1 aromatic heterocycles. The summed E-state index contributed by atoms with van der Waals surface area (Å²) >= 11 is 0. The molecule has 31 heavy (non-hydrogen) atoms. The van der Waals surface area contributed by atoms with Crippen molar-refractivity contribution in [3.05, 3.63) is 46.9 Å². The van der Waals surface area contributed by atoms with E-state index >= 15 is 0 Å². The van der Waals surface area contributed by atoms with Crippen molar-refractivity contribution in [2.45, 2.75) is 82.2 Å². The van der Waals surface area contributed by atoms with Gasteiger partial charge in [-0.25, -0.2) is 9.97 Å². The molecule has 164 valence electrons. The summed E-state index contributed by atoms with van der Waals surface area (Å²) in [6, 6.07) is 7.69. The van der Waals surface area contributed by atoms with Crippen LogP contribution in [0.1, 0.15) is 80.2 Å². The molecule has 2 fully saturated rings. The lowest BCUT2D eigenvalue weighted by atomic mass is 9.73. The summed E-state index contributed by atoms with van der Waals surface area (Å²) < 4.78 is 0. The van der Waals surface area contributed by atoms with Crippen LogP contribution in [-0.2, 0) is 18.4 Å². The number of benzene rings is 1. The maximum Gasteiger partial charge on any atom is 0.140 e.